The van der Waals surface area contributed by atoms with Crippen molar-refractivity contribution in [1.29, 1.82) is 0 Å². The molecule has 1 heterocycles. The van der Waals surface area contributed by atoms with E-state index < -0.39 is 7.12 Å². The summed E-state index contributed by atoms with van der Waals surface area (Å²) in [6.45, 7) is 0. The van der Waals surface area contributed by atoms with Crippen LogP contribution in [0.5, 0.6) is 0 Å². The van der Waals surface area contributed by atoms with E-state index in [0.29, 0.717) is 0 Å². The molecule has 0 fully saturated rings. The molecular formula is C7H8BNO2. The molecule has 0 atom stereocenters. The quantitative estimate of drug-likeness (QED) is 0.586. The Hall–Kier alpha value is -1.13. The van der Waals surface area contributed by atoms with E-state index in [4.69, 9.17) is 10.0 Å². The number of pyridine rings is 1. The summed E-state index contributed by atoms with van der Waals surface area (Å²) in [4.78, 5) is 3.81. The van der Waals surface area contributed by atoms with Crippen molar-refractivity contribution in [2.75, 3.05) is 0 Å². The zero-order chi connectivity index (χ0) is 8.10. The van der Waals surface area contributed by atoms with Gasteiger partial charge in [0.15, 0.2) is 0 Å². The fourth-order valence-corrected chi connectivity index (χ4v) is 0.672. The predicted octanol–water partition coefficient (Wildman–Crippen LogP) is 0.107. The third kappa shape index (κ3) is 2.97. The van der Waals surface area contributed by atoms with Gasteiger partial charge in [-0.25, -0.2) is 0 Å². The lowest BCUT2D eigenvalue weighted by Gasteiger charge is -1.89. The van der Waals surface area contributed by atoms with E-state index >= 15 is 0 Å². The summed E-state index contributed by atoms with van der Waals surface area (Å²) in [5.74, 6) is 1.29. The smallest absolute Gasteiger partial charge is 0.424 e. The minimum atomic E-state index is -1.39. The fourth-order valence-electron chi connectivity index (χ4n) is 0.672. The van der Waals surface area contributed by atoms with Crippen molar-refractivity contribution < 1.29 is 10.0 Å². The lowest BCUT2D eigenvalue weighted by Crippen LogP contribution is -2.05. The van der Waals surface area contributed by atoms with Crippen molar-refractivity contribution in [2.24, 2.45) is 0 Å². The van der Waals surface area contributed by atoms with Crippen LogP contribution in [0.2, 0.25) is 0 Å². The molecule has 11 heavy (non-hydrogen) atoms. The molecule has 0 amide bonds. The molecule has 0 unspecified atom stereocenters. The zero-order valence-corrected chi connectivity index (χ0v) is 5.88. The molecule has 0 radical (unpaired) electrons. The van der Waals surface area contributed by atoms with Crippen LogP contribution in [-0.2, 0) is 0 Å². The summed E-state index contributed by atoms with van der Waals surface area (Å²) < 4.78 is 0. The molecule has 3 nitrogen and oxygen atoms in total. The van der Waals surface area contributed by atoms with Crippen LogP contribution in [-0.4, -0.2) is 22.2 Å². The van der Waals surface area contributed by atoms with E-state index in [2.05, 4.69) is 4.98 Å². The molecule has 0 saturated heterocycles. The van der Waals surface area contributed by atoms with Gasteiger partial charge in [0.05, 0.1) is 0 Å². The Bertz CT molecular complexity index is 235. The summed E-state index contributed by atoms with van der Waals surface area (Å²) in [6, 6.07) is 3.55. The lowest BCUT2D eigenvalue weighted by molar-refractivity contribution is 0.424. The van der Waals surface area contributed by atoms with E-state index in [9.17, 15) is 0 Å². The molecule has 0 saturated carbocycles. The number of aromatic nitrogens is 1. The standard InChI is InChI=1S/C7H8BNO2/c10-8(11)4-1-7-2-5-9-6-3-7/h1-6,10-11H. The predicted molar refractivity (Wildman–Crippen MR) is 43.5 cm³/mol. The van der Waals surface area contributed by atoms with Crippen LogP contribution in [0.4, 0.5) is 0 Å². The third-order valence-electron chi connectivity index (χ3n) is 1.17. The first-order chi connectivity index (χ1) is 5.29. The average molecular weight is 149 g/mol. The van der Waals surface area contributed by atoms with Crippen molar-refractivity contribution in [3.8, 4) is 0 Å². The maximum Gasteiger partial charge on any atom is 0.480 e. The Balaban J connectivity index is 2.65. The lowest BCUT2D eigenvalue weighted by atomic mass is 9.91. The third-order valence-corrected chi connectivity index (χ3v) is 1.17. The first kappa shape index (κ1) is 7.98. The van der Waals surface area contributed by atoms with Gasteiger partial charge in [0.1, 0.15) is 0 Å². The van der Waals surface area contributed by atoms with Gasteiger partial charge >= 0.3 is 7.12 Å². The van der Waals surface area contributed by atoms with Crippen molar-refractivity contribution in [2.45, 2.75) is 0 Å². The largest absolute Gasteiger partial charge is 0.480 e. The Kier molecular flexibility index (Phi) is 2.83. The van der Waals surface area contributed by atoms with E-state index in [1.54, 1.807) is 30.6 Å². The first-order valence-corrected chi connectivity index (χ1v) is 3.23. The number of rotatable bonds is 2. The van der Waals surface area contributed by atoms with Gasteiger partial charge in [0.2, 0.25) is 0 Å². The average Bonchev–Trinajstić information content (AvgIpc) is 2.03. The van der Waals surface area contributed by atoms with Crippen LogP contribution in [0.15, 0.2) is 30.5 Å². The molecule has 1 rings (SSSR count). The summed E-state index contributed by atoms with van der Waals surface area (Å²) in [7, 11) is -1.39. The van der Waals surface area contributed by atoms with Crippen molar-refractivity contribution >= 4 is 13.2 Å². The molecule has 0 aliphatic carbocycles. The minimum Gasteiger partial charge on any atom is -0.424 e. The van der Waals surface area contributed by atoms with Crippen LogP contribution >= 0.6 is 0 Å². The Labute approximate surface area is 65.2 Å². The van der Waals surface area contributed by atoms with Gasteiger partial charge in [-0.15, -0.1) is 0 Å². The van der Waals surface area contributed by atoms with Gasteiger partial charge in [-0.2, -0.15) is 0 Å². The van der Waals surface area contributed by atoms with E-state index in [1.807, 2.05) is 0 Å². The Morgan fingerprint density at radius 3 is 2.45 bits per heavy atom. The second-order valence-electron chi connectivity index (χ2n) is 2.05. The maximum absolute atomic E-state index is 8.47. The molecule has 0 aliphatic heterocycles. The van der Waals surface area contributed by atoms with Gasteiger partial charge in [-0.1, -0.05) is 12.1 Å². The molecule has 0 spiro atoms. The maximum atomic E-state index is 8.47. The number of hydrogen-bond donors (Lipinski definition) is 2. The SMILES string of the molecule is OB(O)C=Cc1ccncc1. The van der Waals surface area contributed by atoms with E-state index in [1.165, 1.54) is 5.98 Å². The molecule has 1 aromatic rings. The Morgan fingerprint density at radius 2 is 1.91 bits per heavy atom. The van der Waals surface area contributed by atoms with Crippen LogP contribution in [0, 0.1) is 0 Å². The molecule has 0 aliphatic rings. The molecule has 56 valence electrons. The van der Waals surface area contributed by atoms with Crippen molar-refractivity contribution in [3.05, 3.63) is 36.1 Å². The van der Waals surface area contributed by atoms with E-state index in [-0.39, 0.29) is 0 Å². The molecule has 2 N–H and O–H groups in total. The second kappa shape index (κ2) is 3.90. The topological polar surface area (TPSA) is 53.4 Å². The van der Waals surface area contributed by atoms with E-state index in [0.717, 1.165) is 5.56 Å². The summed E-state index contributed by atoms with van der Waals surface area (Å²) >= 11 is 0. The minimum absolute atomic E-state index is 0.896. The summed E-state index contributed by atoms with van der Waals surface area (Å²) in [6.07, 6.45) is 4.90. The van der Waals surface area contributed by atoms with Crippen LogP contribution in [0.1, 0.15) is 5.56 Å². The van der Waals surface area contributed by atoms with Gasteiger partial charge < -0.3 is 10.0 Å². The summed E-state index contributed by atoms with van der Waals surface area (Å²) in [5, 5.41) is 16.9. The van der Waals surface area contributed by atoms with Crippen LogP contribution < -0.4 is 0 Å². The van der Waals surface area contributed by atoms with Gasteiger partial charge in [0, 0.05) is 12.4 Å². The molecule has 0 bridgehead atoms. The normalized spacial score (nSPS) is 10.4. The highest BCUT2D eigenvalue weighted by atomic mass is 16.4. The van der Waals surface area contributed by atoms with Crippen LogP contribution in [0.3, 0.4) is 0 Å². The van der Waals surface area contributed by atoms with Gasteiger partial charge in [0.25, 0.3) is 0 Å². The second-order valence-corrected chi connectivity index (χ2v) is 2.05. The monoisotopic (exact) mass is 149 g/mol. The number of nitrogens with zero attached hydrogens (tertiary/aromatic N) is 1. The first-order valence-electron chi connectivity index (χ1n) is 3.23. The van der Waals surface area contributed by atoms with Crippen LogP contribution in [0.25, 0.3) is 6.08 Å². The zero-order valence-electron chi connectivity index (χ0n) is 5.88. The van der Waals surface area contributed by atoms with Gasteiger partial charge in [-0.3, -0.25) is 4.98 Å². The highest BCUT2D eigenvalue weighted by molar-refractivity contribution is 6.48. The fraction of sp³-hybridized carbons (Fsp3) is 0. The molecular weight excluding hydrogens is 141 g/mol. The Morgan fingerprint density at radius 1 is 1.27 bits per heavy atom. The van der Waals surface area contributed by atoms with Gasteiger partial charge in [-0.05, 0) is 17.7 Å². The van der Waals surface area contributed by atoms with Crippen molar-refractivity contribution in [1.82, 2.24) is 4.98 Å². The van der Waals surface area contributed by atoms with Crippen molar-refractivity contribution in [3.63, 3.8) is 0 Å². The highest BCUT2D eigenvalue weighted by Gasteiger charge is 1.96. The number of hydrogen-bond acceptors (Lipinski definition) is 3. The molecule has 4 heteroatoms. The summed E-state index contributed by atoms with van der Waals surface area (Å²) in [5.41, 5.74) is 0.896. The molecule has 0 aromatic carbocycles. The highest BCUT2D eigenvalue weighted by Crippen LogP contribution is 1.98. The molecule has 1 aromatic heterocycles.